The Morgan fingerprint density at radius 3 is 2.12 bits per heavy atom. The highest BCUT2D eigenvalue weighted by Gasteiger charge is 2.11. The maximum atomic E-state index is 11.8. The maximum absolute atomic E-state index is 11.8. The van der Waals surface area contributed by atoms with E-state index in [1.54, 1.807) is 21.5 Å². The molecule has 0 spiro atoms. The number of nitrogens with zero attached hydrogens (tertiary/aromatic N) is 2. The Kier molecular flexibility index (Phi) is 5.28. The molecule has 0 aliphatic carbocycles. The van der Waals surface area contributed by atoms with Gasteiger partial charge in [0.15, 0.2) is 6.29 Å². The number of rotatable bonds is 7. The van der Waals surface area contributed by atoms with E-state index >= 15 is 0 Å². The van der Waals surface area contributed by atoms with Crippen molar-refractivity contribution in [1.82, 2.24) is 9.13 Å². The minimum atomic E-state index is -0.347. The number of ether oxygens (including phenoxy) is 2. The standard InChI is InChI=1S/C11H20N2O3/c1-4-12-7-8-13(11(12)14)9-10(15-5-2)16-6-3/h7-8,10H,4-6,9H2,1-3H3. The number of aromatic nitrogens is 2. The smallest absolute Gasteiger partial charge is 0.328 e. The molecule has 16 heavy (non-hydrogen) atoms. The van der Waals surface area contributed by atoms with Crippen LogP contribution in [0.4, 0.5) is 0 Å². The van der Waals surface area contributed by atoms with Gasteiger partial charge < -0.3 is 9.47 Å². The van der Waals surface area contributed by atoms with Crippen LogP contribution in [0.15, 0.2) is 17.2 Å². The third-order valence-electron chi connectivity index (χ3n) is 2.31. The zero-order valence-electron chi connectivity index (χ0n) is 10.2. The van der Waals surface area contributed by atoms with E-state index in [0.717, 1.165) is 0 Å². The largest absolute Gasteiger partial charge is 0.351 e. The monoisotopic (exact) mass is 228 g/mol. The van der Waals surface area contributed by atoms with Crippen LogP contribution >= 0.6 is 0 Å². The summed E-state index contributed by atoms with van der Waals surface area (Å²) in [5.41, 5.74) is -0.0214. The predicted octanol–water partition coefficient (Wildman–Crippen LogP) is 1.07. The highest BCUT2D eigenvalue weighted by atomic mass is 16.7. The lowest BCUT2D eigenvalue weighted by atomic mass is 10.6. The molecular weight excluding hydrogens is 208 g/mol. The summed E-state index contributed by atoms with van der Waals surface area (Å²) in [6.45, 7) is 8.03. The Morgan fingerprint density at radius 2 is 1.69 bits per heavy atom. The Hall–Kier alpha value is -1.07. The van der Waals surface area contributed by atoms with Crippen LogP contribution < -0.4 is 5.69 Å². The van der Waals surface area contributed by atoms with E-state index in [-0.39, 0.29) is 12.0 Å². The van der Waals surface area contributed by atoms with Crippen molar-refractivity contribution in [2.75, 3.05) is 13.2 Å². The van der Waals surface area contributed by atoms with E-state index in [2.05, 4.69) is 0 Å². The first-order chi connectivity index (χ1) is 7.72. The second-order valence-corrected chi connectivity index (χ2v) is 3.36. The summed E-state index contributed by atoms with van der Waals surface area (Å²) < 4.78 is 14.0. The van der Waals surface area contributed by atoms with E-state index in [1.165, 1.54) is 0 Å². The summed E-state index contributed by atoms with van der Waals surface area (Å²) in [4.78, 5) is 11.8. The molecule has 92 valence electrons. The molecule has 0 aliphatic rings. The zero-order chi connectivity index (χ0) is 12.0. The van der Waals surface area contributed by atoms with E-state index in [0.29, 0.717) is 26.3 Å². The molecule has 0 bridgehead atoms. The summed E-state index contributed by atoms with van der Waals surface area (Å²) in [6.07, 6.45) is 3.19. The van der Waals surface area contributed by atoms with E-state index in [4.69, 9.17) is 9.47 Å². The lowest BCUT2D eigenvalue weighted by Crippen LogP contribution is -2.31. The van der Waals surface area contributed by atoms with Gasteiger partial charge in [0.2, 0.25) is 0 Å². The molecule has 1 heterocycles. The first-order valence-electron chi connectivity index (χ1n) is 5.71. The van der Waals surface area contributed by atoms with Crippen LogP contribution in [0.1, 0.15) is 20.8 Å². The molecule has 1 aromatic rings. The number of hydrogen-bond donors (Lipinski definition) is 0. The van der Waals surface area contributed by atoms with Gasteiger partial charge in [-0.3, -0.25) is 9.13 Å². The van der Waals surface area contributed by atoms with Gasteiger partial charge in [-0.05, 0) is 20.8 Å². The van der Waals surface area contributed by atoms with E-state index in [9.17, 15) is 4.79 Å². The average molecular weight is 228 g/mol. The normalized spacial score (nSPS) is 11.2. The van der Waals surface area contributed by atoms with Crippen LogP contribution in [0.2, 0.25) is 0 Å². The molecule has 5 nitrogen and oxygen atoms in total. The average Bonchev–Trinajstić information content (AvgIpc) is 2.61. The molecule has 0 radical (unpaired) electrons. The third-order valence-corrected chi connectivity index (χ3v) is 2.31. The topological polar surface area (TPSA) is 45.4 Å². The molecule has 0 aliphatic heterocycles. The van der Waals surface area contributed by atoms with Crippen molar-refractivity contribution in [1.29, 1.82) is 0 Å². The van der Waals surface area contributed by atoms with Crippen LogP contribution in [0.5, 0.6) is 0 Å². The van der Waals surface area contributed by atoms with Crippen LogP contribution in [-0.4, -0.2) is 28.6 Å². The van der Waals surface area contributed by atoms with Crippen molar-refractivity contribution in [3.8, 4) is 0 Å². The minimum Gasteiger partial charge on any atom is -0.351 e. The van der Waals surface area contributed by atoms with E-state index < -0.39 is 0 Å². The number of imidazole rings is 1. The van der Waals surface area contributed by atoms with Gasteiger partial charge in [0.25, 0.3) is 0 Å². The van der Waals surface area contributed by atoms with Gasteiger partial charge in [-0.25, -0.2) is 4.79 Å². The first-order valence-corrected chi connectivity index (χ1v) is 5.71. The van der Waals surface area contributed by atoms with Crippen molar-refractivity contribution in [3.63, 3.8) is 0 Å². The summed E-state index contributed by atoms with van der Waals surface area (Å²) in [5.74, 6) is 0. The molecule has 5 heteroatoms. The minimum absolute atomic E-state index is 0.0214. The van der Waals surface area contributed by atoms with Crippen LogP contribution in [-0.2, 0) is 22.6 Å². The third kappa shape index (κ3) is 3.21. The summed E-state index contributed by atoms with van der Waals surface area (Å²) in [5, 5.41) is 0. The van der Waals surface area contributed by atoms with Crippen LogP contribution in [0.3, 0.4) is 0 Å². The van der Waals surface area contributed by atoms with Crippen molar-refractivity contribution < 1.29 is 9.47 Å². The number of aryl methyl sites for hydroxylation is 1. The Labute approximate surface area is 95.6 Å². The summed E-state index contributed by atoms with van der Waals surface area (Å²) >= 11 is 0. The Balaban J connectivity index is 2.69. The molecule has 1 rings (SSSR count). The second kappa shape index (κ2) is 6.50. The quantitative estimate of drug-likeness (QED) is 0.656. The molecule has 0 amide bonds. The predicted molar refractivity (Wildman–Crippen MR) is 61.4 cm³/mol. The Bertz CT molecular complexity index is 350. The molecule has 1 aromatic heterocycles. The van der Waals surface area contributed by atoms with Crippen molar-refractivity contribution in [3.05, 3.63) is 22.9 Å². The molecule has 0 unspecified atom stereocenters. The number of hydrogen-bond acceptors (Lipinski definition) is 3. The highest BCUT2D eigenvalue weighted by Crippen LogP contribution is 1.98. The van der Waals surface area contributed by atoms with Gasteiger partial charge in [0, 0.05) is 32.2 Å². The molecule has 0 saturated heterocycles. The second-order valence-electron chi connectivity index (χ2n) is 3.36. The fourth-order valence-corrected chi connectivity index (χ4v) is 1.52. The SMILES string of the molecule is CCOC(Cn1ccn(CC)c1=O)OCC. The van der Waals surface area contributed by atoms with Gasteiger partial charge in [-0.2, -0.15) is 0 Å². The molecular formula is C11H20N2O3. The van der Waals surface area contributed by atoms with Gasteiger partial charge in [0.1, 0.15) is 0 Å². The molecule has 0 aromatic carbocycles. The summed E-state index contributed by atoms with van der Waals surface area (Å²) in [7, 11) is 0. The Morgan fingerprint density at radius 1 is 1.12 bits per heavy atom. The van der Waals surface area contributed by atoms with Crippen molar-refractivity contribution in [2.24, 2.45) is 0 Å². The van der Waals surface area contributed by atoms with Gasteiger partial charge in [-0.1, -0.05) is 0 Å². The van der Waals surface area contributed by atoms with Crippen LogP contribution in [0.25, 0.3) is 0 Å². The highest BCUT2D eigenvalue weighted by molar-refractivity contribution is 4.81. The fraction of sp³-hybridized carbons (Fsp3) is 0.727. The lowest BCUT2D eigenvalue weighted by Gasteiger charge is -2.16. The molecule has 0 atom stereocenters. The van der Waals surface area contributed by atoms with Crippen LogP contribution in [0, 0.1) is 0 Å². The lowest BCUT2D eigenvalue weighted by molar-refractivity contribution is -0.143. The van der Waals surface area contributed by atoms with Gasteiger partial charge in [-0.15, -0.1) is 0 Å². The molecule has 0 fully saturated rings. The molecule has 0 N–H and O–H groups in total. The van der Waals surface area contributed by atoms with E-state index in [1.807, 2.05) is 20.8 Å². The van der Waals surface area contributed by atoms with Crippen molar-refractivity contribution in [2.45, 2.75) is 40.2 Å². The van der Waals surface area contributed by atoms with Gasteiger partial charge in [0.05, 0.1) is 6.54 Å². The zero-order valence-corrected chi connectivity index (χ0v) is 10.2. The summed E-state index contributed by atoms with van der Waals surface area (Å²) in [6, 6.07) is 0. The molecule has 0 saturated carbocycles. The van der Waals surface area contributed by atoms with Gasteiger partial charge >= 0.3 is 5.69 Å². The first kappa shape index (κ1) is 13.0. The maximum Gasteiger partial charge on any atom is 0.328 e. The van der Waals surface area contributed by atoms with Crippen molar-refractivity contribution >= 4 is 0 Å². The fourth-order valence-electron chi connectivity index (χ4n) is 1.52.